The van der Waals surface area contributed by atoms with E-state index in [-0.39, 0.29) is 41.0 Å². The Labute approximate surface area is 185 Å². The molecule has 3 rings (SSSR count). The van der Waals surface area contributed by atoms with E-state index < -0.39 is 14.6 Å². The van der Waals surface area contributed by atoms with Gasteiger partial charge in [-0.25, -0.2) is 12.8 Å². The van der Waals surface area contributed by atoms with Crippen LogP contribution in [0, 0.1) is 5.82 Å². The van der Waals surface area contributed by atoms with Crippen molar-refractivity contribution in [2.45, 2.75) is 49.7 Å². The topological polar surface area (TPSA) is 61.8 Å². The van der Waals surface area contributed by atoms with Gasteiger partial charge in [-0.3, -0.25) is 4.99 Å². The summed E-state index contributed by atoms with van der Waals surface area (Å²) in [6, 6.07) is 6.84. The van der Waals surface area contributed by atoms with Crippen molar-refractivity contribution in [3.05, 3.63) is 35.6 Å². The van der Waals surface area contributed by atoms with Crippen molar-refractivity contribution in [3.8, 4) is 0 Å². The molecule has 1 aromatic rings. The summed E-state index contributed by atoms with van der Waals surface area (Å²) in [7, 11) is -1.35. The molecule has 8 heteroatoms. The van der Waals surface area contributed by atoms with Crippen LogP contribution in [0.3, 0.4) is 0 Å². The molecule has 0 bridgehead atoms. The SMILES string of the molecule is CN=C(NCC1(c2ccc(F)cc2)CCCC1)N1CCS(=O)(=O)C(C)(C)C1.I. The van der Waals surface area contributed by atoms with Crippen molar-refractivity contribution in [1.29, 1.82) is 0 Å². The smallest absolute Gasteiger partial charge is 0.193 e. The lowest BCUT2D eigenvalue weighted by atomic mass is 9.79. The number of hydrogen-bond acceptors (Lipinski definition) is 3. The molecule has 0 atom stereocenters. The predicted octanol–water partition coefficient (Wildman–Crippen LogP) is 3.34. The second-order valence-corrected chi connectivity index (χ2v) is 11.1. The molecule has 1 saturated carbocycles. The van der Waals surface area contributed by atoms with E-state index in [1.54, 1.807) is 20.9 Å². The van der Waals surface area contributed by atoms with Crippen LogP contribution in [-0.4, -0.2) is 56.5 Å². The van der Waals surface area contributed by atoms with Gasteiger partial charge in [0.05, 0.1) is 10.5 Å². The number of rotatable bonds is 3. The summed E-state index contributed by atoms with van der Waals surface area (Å²) < 4.78 is 37.1. The molecule has 28 heavy (non-hydrogen) atoms. The van der Waals surface area contributed by atoms with Crippen molar-refractivity contribution in [2.75, 3.05) is 32.4 Å². The third kappa shape index (κ3) is 4.63. The minimum absolute atomic E-state index is 0. The fraction of sp³-hybridized carbons (Fsp3) is 0.650. The van der Waals surface area contributed by atoms with E-state index in [9.17, 15) is 12.8 Å². The first-order valence-corrected chi connectivity index (χ1v) is 11.3. The Hall–Kier alpha value is -0.900. The van der Waals surface area contributed by atoms with E-state index >= 15 is 0 Å². The first-order chi connectivity index (χ1) is 12.7. The Morgan fingerprint density at radius 2 is 1.82 bits per heavy atom. The van der Waals surface area contributed by atoms with Gasteiger partial charge < -0.3 is 10.2 Å². The Morgan fingerprint density at radius 1 is 1.21 bits per heavy atom. The van der Waals surface area contributed by atoms with Crippen molar-refractivity contribution in [3.63, 3.8) is 0 Å². The predicted molar refractivity (Wildman–Crippen MR) is 123 cm³/mol. The van der Waals surface area contributed by atoms with Gasteiger partial charge in [0.2, 0.25) is 0 Å². The van der Waals surface area contributed by atoms with Crippen LogP contribution < -0.4 is 5.32 Å². The molecular weight excluding hydrogens is 492 g/mol. The van der Waals surface area contributed by atoms with Gasteiger partial charge in [-0.2, -0.15) is 0 Å². The highest BCUT2D eigenvalue weighted by atomic mass is 127. The number of nitrogens with zero attached hydrogens (tertiary/aromatic N) is 2. The molecule has 2 fully saturated rings. The first kappa shape index (κ1) is 23.4. The van der Waals surface area contributed by atoms with Crippen LogP contribution >= 0.6 is 24.0 Å². The van der Waals surface area contributed by atoms with Gasteiger partial charge in [-0.15, -0.1) is 24.0 Å². The molecular formula is C20H31FIN3O2S. The molecule has 0 radical (unpaired) electrons. The lowest BCUT2D eigenvalue weighted by molar-refractivity contribution is 0.344. The largest absolute Gasteiger partial charge is 0.355 e. The number of nitrogens with one attached hydrogen (secondary N) is 1. The highest BCUT2D eigenvalue weighted by Gasteiger charge is 2.42. The van der Waals surface area contributed by atoms with Crippen LogP contribution in [0.15, 0.2) is 29.3 Å². The maximum absolute atomic E-state index is 13.4. The molecule has 0 spiro atoms. The summed E-state index contributed by atoms with van der Waals surface area (Å²) in [6.45, 7) is 5.15. The van der Waals surface area contributed by atoms with Crippen molar-refractivity contribution >= 4 is 39.8 Å². The van der Waals surface area contributed by atoms with E-state index in [1.807, 2.05) is 17.0 Å². The van der Waals surface area contributed by atoms with Gasteiger partial charge in [-0.1, -0.05) is 25.0 Å². The normalized spacial score (nSPS) is 23.1. The zero-order valence-electron chi connectivity index (χ0n) is 16.9. The minimum atomic E-state index is -3.09. The third-order valence-electron chi connectivity index (χ3n) is 6.16. The van der Waals surface area contributed by atoms with Gasteiger partial charge in [0.1, 0.15) is 5.82 Å². The van der Waals surface area contributed by atoms with E-state index in [1.165, 1.54) is 12.1 Å². The van der Waals surface area contributed by atoms with E-state index in [0.717, 1.165) is 43.8 Å². The molecule has 1 N–H and O–H groups in total. The van der Waals surface area contributed by atoms with Crippen molar-refractivity contribution < 1.29 is 12.8 Å². The van der Waals surface area contributed by atoms with E-state index in [0.29, 0.717) is 13.1 Å². The molecule has 2 aliphatic rings. The van der Waals surface area contributed by atoms with Gasteiger partial charge in [0.15, 0.2) is 15.8 Å². The monoisotopic (exact) mass is 523 g/mol. The molecule has 1 aliphatic carbocycles. The lowest BCUT2D eigenvalue weighted by Gasteiger charge is -2.40. The highest BCUT2D eigenvalue weighted by molar-refractivity contribution is 14.0. The highest BCUT2D eigenvalue weighted by Crippen LogP contribution is 2.40. The van der Waals surface area contributed by atoms with E-state index in [4.69, 9.17) is 0 Å². The van der Waals surface area contributed by atoms with Gasteiger partial charge >= 0.3 is 0 Å². The Morgan fingerprint density at radius 3 is 2.36 bits per heavy atom. The minimum Gasteiger partial charge on any atom is -0.355 e. The fourth-order valence-electron chi connectivity index (χ4n) is 4.33. The Balaban J connectivity index is 0.00000280. The van der Waals surface area contributed by atoms with Crippen LogP contribution in [0.25, 0.3) is 0 Å². The number of sulfone groups is 1. The zero-order chi connectivity index (χ0) is 19.7. The molecule has 1 heterocycles. The summed E-state index contributed by atoms with van der Waals surface area (Å²) in [5, 5.41) is 3.49. The standard InChI is InChI=1S/C20H30FN3O2S.HI/c1-19(2)15-24(12-13-27(19,25)26)18(22-3)23-14-20(10-4-5-11-20)16-6-8-17(21)9-7-16;/h6-9H,4-5,10-15H2,1-3H3,(H,22,23);1H. The van der Waals surface area contributed by atoms with Crippen LogP contribution in [0.5, 0.6) is 0 Å². The average molecular weight is 523 g/mol. The summed E-state index contributed by atoms with van der Waals surface area (Å²) >= 11 is 0. The maximum Gasteiger partial charge on any atom is 0.193 e. The van der Waals surface area contributed by atoms with E-state index in [2.05, 4.69) is 10.3 Å². The summed E-state index contributed by atoms with van der Waals surface area (Å²) in [5.41, 5.74) is 1.13. The number of hydrogen-bond donors (Lipinski definition) is 1. The van der Waals surface area contributed by atoms with Gasteiger partial charge in [0.25, 0.3) is 0 Å². The summed E-state index contributed by atoms with van der Waals surface area (Å²) in [6.07, 6.45) is 4.43. The Kier molecular flexibility index (Phi) is 7.39. The molecule has 0 unspecified atom stereocenters. The number of benzene rings is 1. The first-order valence-electron chi connectivity index (χ1n) is 9.63. The molecule has 1 aliphatic heterocycles. The second kappa shape index (κ2) is 8.85. The van der Waals surface area contributed by atoms with Crippen molar-refractivity contribution in [1.82, 2.24) is 10.2 Å². The lowest BCUT2D eigenvalue weighted by Crippen LogP contribution is -2.58. The molecule has 0 amide bonds. The molecule has 1 saturated heterocycles. The summed E-state index contributed by atoms with van der Waals surface area (Å²) in [5.74, 6) is 0.669. The molecule has 158 valence electrons. The fourth-order valence-corrected chi connectivity index (χ4v) is 5.69. The number of aliphatic imine (C=N–C) groups is 1. The second-order valence-electron chi connectivity index (χ2n) is 8.40. The van der Waals surface area contributed by atoms with Crippen molar-refractivity contribution in [2.24, 2.45) is 4.99 Å². The van der Waals surface area contributed by atoms with Gasteiger partial charge in [0, 0.05) is 32.1 Å². The number of halogens is 2. The number of guanidine groups is 1. The van der Waals surface area contributed by atoms with Crippen LogP contribution in [0.1, 0.15) is 45.1 Å². The van der Waals surface area contributed by atoms with Gasteiger partial charge in [-0.05, 0) is 44.4 Å². The third-order valence-corrected chi connectivity index (χ3v) is 8.69. The average Bonchev–Trinajstić information content (AvgIpc) is 3.09. The maximum atomic E-state index is 13.4. The van der Waals surface area contributed by atoms with Crippen LogP contribution in [0.4, 0.5) is 4.39 Å². The Bertz CT molecular complexity index is 803. The molecule has 0 aromatic heterocycles. The molecule has 1 aromatic carbocycles. The quantitative estimate of drug-likeness (QED) is 0.375. The van der Waals surface area contributed by atoms with Crippen LogP contribution in [-0.2, 0) is 15.3 Å². The molecule has 5 nitrogen and oxygen atoms in total. The zero-order valence-corrected chi connectivity index (χ0v) is 20.0. The summed E-state index contributed by atoms with van der Waals surface area (Å²) in [4.78, 5) is 6.44. The van der Waals surface area contributed by atoms with Crippen LogP contribution in [0.2, 0.25) is 0 Å².